The number of nitrogens with zero attached hydrogens (tertiary/aromatic N) is 1. The summed E-state index contributed by atoms with van der Waals surface area (Å²) >= 11 is 3.25. The van der Waals surface area contributed by atoms with Crippen molar-refractivity contribution in [2.24, 2.45) is 0 Å². The Morgan fingerprint density at radius 2 is 1.78 bits per heavy atom. The number of halogens is 1. The molecule has 0 saturated carbocycles. The van der Waals surface area contributed by atoms with Crippen molar-refractivity contribution >= 4 is 26.0 Å². The minimum Gasteiger partial charge on any atom is -0.207 e. The predicted octanol–water partition coefficient (Wildman–Crippen LogP) is 2.81. The summed E-state index contributed by atoms with van der Waals surface area (Å²) in [4.78, 5) is 0.159. The normalized spacial score (nSPS) is 12.1. The lowest BCUT2D eigenvalue weighted by Gasteiger charge is -2.24. The molecule has 0 bridgehead atoms. The van der Waals surface area contributed by atoms with Crippen molar-refractivity contribution in [2.75, 3.05) is 0 Å². The van der Waals surface area contributed by atoms with Crippen LogP contribution < -0.4 is 4.72 Å². The van der Waals surface area contributed by atoms with Gasteiger partial charge in [-0.15, -0.1) is 0 Å². The van der Waals surface area contributed by atoms with Gasteiger partial charge < -0.3 is 0 Å². The summed E-state index contributed by atoms with van der Waals surface area (Å²) in [6.07, 6.45) is 0.853. The summed E-state index contributed by atoms with van der Waals surface area (Å²) in [5.74, 6) is 0. The monoisotopic (exact) mass is 330 g/mol. The fraction of sp³-hybridized carbons (Fsp3) is 0.417. The van der Waals surface area contributed by atoms with Crippen LogP contribution in [0, 0.1) is 11.3 Å². The van der Waals surface area contributed by atoms with Crippen LogP contribution in [-0.2, 0) is 10.0 Å². The Balaban J connectivity index is 3.09. The second kappa shape index (κ2) is 5.83. The summed E-state index contributed by atoms with van der Waals surface area (Å²) in [7, 11) is -3.66. The topological polar surface area (TPSA) is 70.0 Å². The Bertz CT molecular complexity index is 542. The smallest absolute Gasteiger partial charge is 0.207 e. The van der Waals surface area contributed by atoms with Crippen LogP contribution in [0.15, 0.2) is 33.6 Å². The molecule has 1 aromatic carbocycles. The van der Waals surface area contributed by atoms with Gasteiger partial charge in [-0.3, -0.25) is 0 Å². The van der Waals surface area contributed by atoms with Gasteiger partial charge in [-0.25, -0.2) is 8.42 Å². The van der Waals surface area contributed by atoms with E-state index in [0.717, 1.165) is 4.47 Å². The number of hydrogen-bond donors (Lipinski definition) is 1. The first kappa shape index (κ1) is 15.2. The van der Waals surface area contributed by atoms with Gasteiger partial charge in [0.2, 0.25) is 10.0 Å². The molecule has 98 valence electrons. The highest BCUT2D eigenvalue weighted by Gasteiger charge is 2.31. The Morgan fingerprint density at radius 1 is 1.28 bits per heavy atom. The van der Waals surface area contributed by atoms with Crippen molar-refractivity contribution in [3.8, 4) is 6.07 Å². The summed E-state index contributed by atoms with van der Waals surface area (Å²) in [5.41, 5.74) is -1.04. The van der Waals surface area contributed by atoms with Gasteiger partial charge in [-0.05, 0) is 37.1 Å². The van der Waals surface area contributed by atoms with Gasteiger partial charge in [0.25, 0.3) is 0 Å². The van der Waals surface area contributed by atoms with E-state index in [9.17, 15) is 8.42 Å². The number of hydrogen-bond acceptors (Lipinski definition) is 3. The molecule has 0 amide bonds. The fourth-order valence-corrected chi connectivity index (χ4v) is 3.23. The molecule has 1 rings (SSSR count). The molecule has 4 nitrogen and oxygen atoms in total. The quantitative estimate of drug-likeness (QED) is 0.902. The Hall–Kier alpha value is -0.900. The summed E-state index contributed by atoms with van der Waals surface area (Å²) in [6.45, 7) is 3.58. The average molecular weight is 331 g/mol. The van der Waals surface area contributed by atoms with Gasteiger partial charge in [0.1, 0.15) is 5.54 Å². The summed E-state index contributed by atoms with van der Waals surface area (Å²) < 4.78 is 27.6. The molecule has 0 aliphatic heterocycles. The van der Waals surface area contributed by atoms with E-state index < -0.39 is 15.6 Å². The molecule has 6 heteroatoms. The molecule has 0 unspecified atom stereocenters. The maximum Gasteiger partial charge on any atom is 0.241 e. The van der Waals surface area contributed by atoms with Crippen LogP contribution >= 0.6 is 15.9 Å². The minimum absolute atomic E-state index is 0.159. The molecule has 0 fully saturated rings. The second-order valence-corrected chi connectivity index (χ2v) is 6.56. The zero-order valence-corrected chi connectivity index (χ0v) is 12.7. The molecular weight excluding hydrogens is 316 g/mol. The molecule has 0 atom stereocenters. The SMILES string of the molecule is CCC(C#N)(CC)NS(=O)(=O)c1ccc(Br)cc1. The van der Waals surface area contributed by atoms with Gasteiger partial charge >= 0.3 is 0 Å². The van der Waals surface area contributed by atoms with E-state index >= 15 is 0 Å². The van der Waals surface area contributed by atoms with Crippen LogP contribution in [0.5, 0.6) is 0 Å². The number of rotatable bonds is 5. The number of nitrogens with one attached hydrogen (secondary N) is 1. The van der Waals surface area contributed by atoms with E-state index in [4.69, 9.17) is 5.26 Å². The molecule has 1 aromatic rings. The van der Waals surface area contributed by atoms with Crippen molar-refractivity contribution < 1.29 is 8.42 Å². The van der Waals surface area contributed by atoms with Crippen LogP contribution in [0.3, 0.4) is 0 Å². The molecule has 0 heterocycles. The van der Waals surface area contributed by atoms with Crippen molar-refractivity contribution in [3.63, 3.8) is 0 Å². The number of benzene rings is 1. The summed E-state index contributed by atoms with van der Waals surface area (Å²) in [6, 6.07) is 8.36. The van der Waals surface area contributed by atoms with Crippen LogP contribution in [0.2, 0.25) is 0 Å². The van der Waals surface area contributed by atoms with Gasteiger partial charge in [0, 0.05) is 4.47 Å². The van der Waals surface area contributed by atoms with Crippen molar-refractivity contribution in [1.29, 1.82) is 5.26 Å². The number of nitriles is 1. The standard InChI is InChI=1S/C12H15BrN2O2S/c1-3-12(4-2,9-14)15-18(16,17)11-7-5-10(13)6-8-11/h5-8,15H,3-4H2,1-2H3. The van der Waals surface area contributed by atoms with E-state index in [0.29, 0.717) is 12.8 Å². The number of sulfonamides is 1. The first-order valence-corrected chi connectivity index (χ1v) is 7.87. The molecule has 0 aliphatic rings. The van der Waals surface area contributed by atoms with Crippen molar-refractivity contribution in [2.45, 2.75) is 37.1 Å². The van der Waals surface area contributed by atoms with Crippen LogP contribution in [0.1, 0.15) is 26.7 Å². The molecule has 1 N–H and O–H groups in total. The largest absolute Gasteiger partial charge is 0.241 e. The van der Waals surface area contributed by atoms with Gasteiger partial charge in [0.15, 0.2) is 0 Å². The highest BCUT2D eigenvalue weighted by molar-refractivity contribution is 9.10. The molecule has 0 aliphatic carbocycles. The third-order valence-corrected chi connectivity index (χ3v) is 4.96. The van der Waals surface area contributed by atoms with Gasteiger partial charge in [-0.2, -0.15) is 9.98 Å². The first-order chi connectivity index (χ1) is 8.39. The van der Waals surface area contributed by atoms with Crippen LogP contribution in [0.25, 0.3) is 0 Å². The van der Waals surface area contributed by atoms with E-state index in [1.807, 2.05) is 0 Å². The van der Waals surface area contributed by atoms with E-state index in [1.54, 1.807) is 26.0 Å². The molecule has 18 heavy (non-hydrogen) atoms. The molecule has 0 spiro atoms. The third-order valence-electron chi connectivity index (χ3n) is 2.87. The fourth-order valence-electron chi connectivity index (χ4n) is 1.51. The average Bonchev–Trinajstić information content (AvgIpc) is 2.37. The molecular formula is C12H15BrN2O2S. The Kier molecular flexibility index (Phi) is 4.91. The van der Waals surface area contributed by atoms with Gasteiger partial charge in [0.05, 0.1) is 11.0 Å². The molecule has 0 radical (unpaired) electrons. The Morgan fingerprint density at radius 3 is 2.17 bits per heavy atom. The maximum absolute atomic E-state index is 12.2. The van der Waals surface area contributed by atoms with E-state index in [-0.39, 0.29) is 4.90 Å². The zero-order chi connectivity index (χ0) is 13.8. The van der Waals surface area contributed by atoms with Crippen molar-refractivity contribution in [1.82, 2.24) is 4.72 Å². The maximum atomic E-state index is 12.2. The predicted molar refractivity (Wildman–Crippen MR) is 73.4 cm³/mol. The lowest BCUT2D eigenvalue weighted by molar-refractivity contribution is 0.446. The lowest BCUT2D eigenvalue weighted by atomic mass is 9.97. The van der Waals surface area contributed by atoms with Crippen LogP contribution in [-0.4, -0.2) is 14.0 Å². The minimum atomic E-state index is -3.66. The van der Waals surface area contributed by atoms with Crippen molar-refractivity contribution in [3.05, 3.63) is 28.7 Å². The molecule has 0 saturated heterocycles. The first-order valence-electron chi connectivity index (χ1n) is 5.60. The lowest BCUT2D eigenvalue weighted by Crippen LogP contribution is -2.46. The van der Waals surface area contributed by atoms with E-state index in [2.05, 4.69) is 26.7 Å². The third kappa shape index (κ3) is 3.31. The van der Waals surface area contributed by atoms with Gasteiger partial charge in [-0.1, -0.05) is 29.8 Å². The second-order valence-electron chi connectivity index (χ2n) is 3.96. The van der Waals surface area contributed by atoms with E-state index in [1.165, 1.54) is 12.1 Å². The molecule has 0 aromatic heterocycles. The highest BCUT2D eigenvalue weighted by Crippen LogP contribution is 2.20. The Labute approximate surface area is 116 Å². The van der Waals surface area contributed by atoms with Crippen LogP contribution in [0.4, 0.5) is 0 Å². The summed E-state index contributed by atoms with van der Waals surface area (Å²) in [5, 5.41) is 9.15. The highest BCUT2D eigenvalue weighted by atomic mass is 79.9. The zero-order valence-electron chi connectivity index (χ0n) is 10.3.